The topological polar surface area (TPSA) is 30.7 Å². The van der Waals surface area contributed by atoms with Gasteiger partial charge in [0.25, 0.3) is 0 Å². The maximum atomic E-state index is 4.76. The first-order valence-corrected chi connectivity index (χ1v) is 16.2. The summed E-state index contributed by atoms with van der Waals surface area (Å²) in [6.07, 6.45) is 0. The highest BCUT2D eigenvalue weighted by Crippen LogP contribution is 2.40. The Balaban J connectivity index is 1.12. The standard InChI is InChI=1S/C42H27N3S/c1-2-12-33(13-3-1)45-41(31-24-20-29(21-25-31)35-16-8-11-28-10-4-5-14-34(28)35)43-44-42(45)32-26-22-30(23-27-32)36-17-9-18-38-37-15-6-7-19-39(37)46-40(36)38/h1-27H. The van der Waals surface area contributed by atoms with Crippen LogP contribution in [0.5, 0.6) is 0 Å². The van der Waals surface area contributed by atoms with E-state index in [1.807, 2.05) is 17.4 Å². The molecule has 0 radical (unpaired) electrons. The second-order valence-electron chi connectivity index (χ2n) is 11.5. The van der Waals surface area contributed by atoms with Crippen LogP contribution in [0.2, 0.25) is 0 Å². The summed E-state index contributed by atoms with van der Waals surface area (Å²) in [6.45, 7) is 0. The summed E-state index contributed by atoms with van der Waals surface area (Å²) < 4.78 is 4.79. The molecule has 0 atom stereocenters. The Hall–Kier alpha value is -5.84. The van der Waals surface area contributed by atoms with Gasteiger partial charge in [0, 0.05) is 37.0 Å². The van der Waals surface area contributed by atoms with E-state index in [-0.39, 0.29) is 0 Å². The minimum atomic E-state index is 0.810. The average Bonchev–Trinajstić information content (AvgIpc) is 3.75. The van der Waals surface area contributed by atoms with E-state index in [2.05, 4.69) is 162 Å². The van der Waals surface area contributed by atoms with Crippen LogP contribution in [0, 0.1) is 0 Å². The van der Waals surface area contributed by atoms with Gasteiger partial charge in [0.15, 0.2) is 11.6 Å². The van der Waals surface area contributed by atoms with Gasteiger partial charge in [0.1, 0.15) is 0 Å². The lowest BCUT2D eigenvalue weighted by molar-refractivity contribution is 1.07. The Labute approximate surface area is 270 Å². The van der Waals surface area contributed by atoms with Crippen LogP contribution in [0.15, 0.2) is 164 Å². The van der Waals surface area contributed by atoms with Crippen molar-refractivity contribution in [1.29, 1.82) is 0 Å². The van der Waals surface area contributed by atoms with Gasteiger partial charge in [0.2, 0.25) is 0 Å². The number of aromatic nitrogens is 3. The summed E-state index contributed by atoms with van der Waals surface area (Å²) in [5.41, 5.74) is 7.89. The molecule has 7 aromatic carbocycles. The van der Waals surface area contributed by atoms with Crippen molar-refractivity contribution in [2.45, 2.75) is 0 Å². The molecular weight excluding hydrogens is 579 g/mol. The van der Waals surface area contributed by atoms with E-state index < -0.39 is 0 Å². The van der Waals surface area contributed by atoms with Crippen molar-refractivity contribution in [2.75, 3.05) is 0 Å². The van der Waals surface area contributed by atoms with E-state index in [4.69, 9.17) is 10.2 Å². The molecule has 0 spiro atoms. The molecule has 2 aromatic heterocycles. The Kier molecular flexibility index (Phi) is 6.32. The molecular formula is C42H27N3S. The third kappa shape index (κ3) is 4.42. The predicted octanol–water partition coefficient (Wildman–Crippen LogP) is 11.5. The van der Waals surface area contributed by atoms with Crippen LogP contribution in [0.1, 0.15) is 0 Å². The predicted molar refractivity (Wildman–Crippen MR) is 193 cm³/mol. The number of hydrogen-bond acceptors (Lipinski definition) is 3. The lowest BCUT2D eigenvalue weighted by Crippen LogP contribution is -2.00. The van der Waals surface area contributed by atoms with Crippen LogP contribution in [0.4, 0.5) is 0 Å². The van der Waals surface area contributed by atoms with Crippen molar-refractivity contribution in [1.82, 2.24) is 14.8 Å². The second-order valence-corrected chi connectivity index (χ2v) is 12.5. The zero-order valence-corrected chi connectivity index (χ0v) is 25.7. The molecule has 0 aliphatic heterocycles. The van der Waals surface area contributed by atoms with Crippen LogP contribution in [-0.2, 0) is 0 Å². The van der Waals surface area contributed by atoms with Crippen molar-refractivity contribution in [3.05, 3.63) is 164 Å². The quantitative estimate of drug-likeness (QED) is 0.195. The smallest absolute Gasteiger partial charge is 0.168 e. The van der Waals surface area contributed by atoms with Gasteiger partial charge in [0.05, 0.1) is 0 Å². The summed E-state index contributed by atoms with van der Waals surface area (Å²) in [5.74, 6) is 1.62. The number of para-hydroxylation sites is 1. The minimum Gasteiger partial charge on any atom is -0.275 e. The molecule has 0 aliphatic rings. The largest absolute Gasteiger partial charge is 0.275 e. The molecule has 3 nitrogen and oxygen atoms in total. The first-order valence-electron chi connectivity index (χ1n) is 15.4. The van der Waals surface area contributed by atoms with E-state index in [1.54, 1.807) is 0 Å². The Morgan fingerprint density at radius 3 is 1.65 bits per heavy atom. The summed E-state index contributed by atoms with van der Waals surface area (Å²) in [6, 6.07) is 58.0. The van der Waals surface area contributed by atoms with Gasteiger partial charge in [-0.2, -0.15) is 0 Å². The molecule has 0 N–H and O–H groups in total. The molecule has 46 heavy (non-hydrogen) atoms. The maximum absolute atomic E-state index is 4.76. The highest BCUT2D eigenvalue weighted by Gasteiger charge is 2.18. The van der Waals surface area contributed by atoms with Gasteiger partial charge in [-0.1, -0.05) is 146 Å². The molecule has 9 rings (SSSR count). The summed E-state index contributed by atoms with van der Waals surface area (Å²) in [7, 11) is 0. The molecule has 0 saturated heterocycles. The minimum absolute atomic E-state index is 0.810. The van der Waals surface area contributed by atoms with Crippen LogP contribution in [0.25, 0.3) is 81.7 Å². The molecule has 0 bridgehead atoms. The molecule has 0 unspecified atom stereocenters. The third-order valence-electron chi connectivity index (χ3n) is 8.78. The van der Waals surface area contributed by atoms with Crippen molar-refractivity contribution in [3.63, 3.8) is 0 Å². The van der Waals surface area contributed by atoms with Crippen LogP contribution in [0.3, 0.4) is 0 Å². The first kappa shape index (κ1) is 26.6. The second kappa shape index (κ2) is 11.0. The highest BCUT2D eigenvalue weighted by atomic mass is 32.1. The summed E-state index contributed by atoms with van der Waals surface area (Å²) >= 11 is 1.86. The fraction of sp³-hybridized carbons (Fsp3) is 0. The van der Waals surface area contributed by atoms with Gasteiger partial charge in [-0.05, 0) is 51.2 Å². The SMILES string of the molecule is c1ccc(-n2c(-c3ccc(-c4cccc5ccccc45)cc3)nnc2-c2ccc(-c3cccc4c3sc3ccccc34)cc2)cc1. The van der Waals surface area contributed by atoms with E-state index in [0.717, 1.165) is 28.5 Å². The van der Waals surface area contributed by atoms with E-state index >= 15 is 0 Å². The van der Waals surface area contributed by atoms with Gasteiger partial charge in [-0.3, -0.25) is 4.57 Å². The monoisotopic (exact) mass is 605 g/mol. The van der Waals surface area contributed by atoms with Crippen molar-refractivity contribution >= 4 is 42.3 Å². The zero-order valence-electron chi connectivity index (χ0n) is 24.8. The number of fused-ring (bicyclic) bond motifs is 4. The van der Waals surface area contributed by atoms with E-state index in [9.17, 15) is 0 Å². The Bertz CT molecular complexity index is 2500. The number of hydrogen-bond donors (Lipinski definition) is 0. The number of rotatable bonds is 5. The molecule has 0 fully saturated rings. The molecule has 0 saturated carbocycles. The van der Waals surface area contributed by atoms with Crippen molar-refractivity contribution in [2.24, 2.45) is 0 Å². The number of benzene rings is 7. The molecule has 9 aromatic rings. The van der Waals surface area contributed by atoms with Gasteiger partial charge >= 0.3 is 0 Å². The van der Waals surface area contributed by atoms with Crippen LogP contribution < -0.4 is 0 Å². The molecule has 0 aliphatic carbocycles. The normalized spacial score (nSPS) is 11.5. The first-order chi connectivity index (χ1) is 22.8. The summed E-state index contributed by atoms with van der Waals surface area (Å²) in [5, 5.41) is 14.6. The van der Waals surface area contributed by atoms with Crippen LogP contribution in [-0.4, -0.2) is 14.8 Å². The molecule has 4 heteroatoms. The molecule has 2 heterocycles. The van der Waals surface area contributed by atoms with Crippen LogP contribution >= 0.6 is 11.3 Å². The van der Waals surface area contributed by atoms with Gasteiger partial charge < -0.3 is 0 Å². The zero-order chi connectivity index (χ0) is 30.5. The lowest BCUT2D eigenvalue weighted by atomic mass is 9.97. The third-order valence-corrected chi connectivity index (χ3v) is 10.00. The summed E-state index contributed by atoms with van der Waals surface area (Å²) in [4.78, 5) is 0. The highest BCUT2D eigenvalue weighted by molar-refractivity contribution is 7.26. The average molecular weight is 606 g/mol. The number of nitrogens with zero attached hydrogens (tertiary/aromatic N) is 3. The Morgan fingerprint density at radius 1 is 0.391 bits per heavy atom. The Morgan fingerprint density at radius 2 is 0.913 bits per heavy atom. The van der Waals surface area contributed by atoms with Crippen molar-refractivity contribution < 1.29 is 0 Å². The fourth-order valence-corrected chi connectivity index (χ4v) is 7.77. The fourth-order valence-electron chi connectivity index (χ4n) is 6.53. The maximum Gasteiger partial charge on any atom is 0.168 e. The van der Waals surface area contributed by atoms with Gasteiger partial charge in [-0.25, -0.2) is 0 Å². The van der Waals surface area contributed by atoms with E-state index in [0.29, 0.717) is 0 Å². The molecule has 216 valence electrons. The number of thiophene rings is 1. The molecule has 0 amide bonds. The lowest BCUT2D eigenvalue weighted by Gasteiger charge is -2.12. The van der Waals surface area contributed by atoms with E-state index in [1.165, 1.54) is 53.2 Å². The van der Waals surface area contributed by atoms with Crippen molar-refractivity contribution in [3.8, 4) is 50.7 Å². The van der Waals surface area contributed by atoms with Gasteiger partial charge in [-0.15, -0.1) is 21.5 Å².